The molecule has 4 saturated carbocycles. The Morgan fingerprint density at radius 3 is 2.41 bits per heavy atom. The first kappa shape index (κ1) is 22.4. The zero-order chi connectivity index (χ0) is 23.3. The maximum Gasteiger partial charge on any atom is 0.331 e. The molecular weight excluding hydrogens is 404 g/mol. The number of aliphatic hydroxyl groups excluding tert-OH is 1. The van der Waals surface area contributed by atoms with E-state index in [4.69, 9.17) is 9.47 Å². The van der Waals surface area contributed by atoms with E-state index in [1.54, 1.807) is 0 Å². The number of esters is 2. The molecule has 9 atom stereocenters. The summed E-state index contributed by atoms with van der Waals surface area (Å²) in [7, 11) is 0. The summed E-state index contributed by atoms with van der Waals surface area (Å²) in [6.45, 7) is 13.3. The van der Waals surface area contributed by atoms with Crippen molar-refractivity contribution in [3.63, 3.8) is 0 Å². The molecule has 0 aromatic heterocycles. The second kappa shape index (κ2) is 6.84. The van der Waals surface area contributed by atoms with Gasteiger partial charge in [-0.3, -0.25) is 4.79 Å². The molecule has 1 heterocycles. The van der Waals surface area contributed by atoms with Crippen LogP contribution in [0.5, 0.6) is 0 Å². The van der Waals surface area contributed by atoms with Gasteiger partial charge in [0.15, 0.2) is 0 Å². The molecule has 4 fully saturated rings. The van der Waals surface area contributed by atoms with E-state index in [1.807, 2.05) is 0 Å². The van der Waals surface area contributed by atoms with E-state index >= 15 is 0 Å². The smallest absolute Gasteiger partial charge is 0.331 e. The van der Waals surface area contributed by atoms with Gasteiger partial charge in [-0.15, -0.1) is 0 Å². The minimum atomic E-state index is -0.562. The lowest BCUT2D eigenvalue weighted by molar-refractivity contribution is -0.254. The topological polar surface area (TPSA) is 72.8 Å². The van der Waals surface area contributed by atoms with Gasteiger partial charge in [0.1, 0.15) is 12.2 Å². The zero-order valence-electron chi connectivity index (χ0n) is 20.6. The monoisotopic (exact) mass is 444 g/mol. The summed E-state index contributed by atoms with van der Waals surface area (Å²) in [6.07, 6.45) is 7.45. The van der Waals surface area contributed by atoms with Crippen LogP contribution in [-0.4, -0.2) is 35.4 Å². The van der Waals surface area contributed by atoms with Crippen LogP contribution in [0.3, 0.4) is 0 Å². The van der Waals surface area contributed by atoms with E-state index in [-0.39, 0.29) is 28.7 Å². The van der Waals surface area contributed by atoms with Crippen molar-refractivity contribution in [2.24, 2.45) is 39.4 Å². The first-order valence-electron chi connectivity index (χ1n) is 12.6. The van der Waals surface area contributed by atoms with E-state index in [0.717, 1.165) is 18.4 Å². The van der Waals surface area contributed by atoms with Crippen molar-refractivity contribution in [3.05, 3.63) is 11.6 Å². The number of fused-ring (bicyclic) bond motifs is 7. The SMILES string of the molecule is CC(=O)O[C@@H]1C[C@H]2[C@]3(C)CC[C@H]4C(C)(C)CCC[C@]4(C)[C@H]3C[C@@H](O)[C@]2(C)[C@H]2OC(=O)C=C12. The van der Waals surface area contributed by atoms with Crippen molar-refractivity contribution in [1.82, 2.24) is 0 Å². The van der Waals surface area contributed by atoms with E-state index < -0.39 is 23.7 Å². The van der Waals surface area contributed by atoms with Gasteiger partial charge in [-0.05, 0) is 72.5 Å². The molecule has 0 saturated heterocycles. The van der Waals surface area contributed by atoms with Crippen molar-refractivity contribution in [2.45, 2.75) is 105 Å². The van der Waals surface area contributed by atoms with E-state index in [9.17, 15) is 14.7 Å². The second-order valence-corrected chi connectivity index (χ2v) is 13.0. The van der Waals surface area contributed by atoms with Crippen LogP contribution < -0.4 is 0 Å². The molecular formula is C27H40O5. The summed E-state index contributed by atoms with van der Waals surface area (Å²) in [4.78, 5) is 24.3. The molecule has 0 radical (unpaired) electrons. The van der Waals surface area contributed by atoms with Crippen molar-refractivity contribution >= 4 is 11.9 Å². The summed E-state index contributed by atoms with van der Waals surface area (Å²) < 4.78 is 11.6. The summed E-state index contributed by atoms with van der Waals surface area (Å²) in [6, 6.07) is 0. The lowest BCUT2D eigenvalue weighted by atomic mass is 9.35. The molecule has 5 nitrogen and oxygen atoms in total. The predicted octanol–water partition coefficient (Wildman–Crippen LogP) is 4.81. The van der Waals surface area contributed by atoms with Crippen LogP contribution in [0.2, 0.25) is 0 Å². The predicted molar refractivity (Wildman–Crippen MR) is 120 cm³/mol. The molecule has 0 aromatic rings. The highest BCUT2D eigenvalue weighted by atomic mass is 16.6. The lowest BCUT2D eigenvalue weighted by Gasteiger charge is -2.70. The van der Waals surface area contributed by atoms with Gasteiger partial charge in [0.05, 0.1) is 6.10 Å². The quantitative estimate of drug-likeness (QED) is 0.588. The number of ether oxygens (including phenoxy) is 2. The third-order valence-corrected chi connectivity index (χ3v) is 11.1. The molecule has 5 aliphatic rings. The minimum Gasteiger partial charge on any atom is -0.458 e. The van der Waals surface area contributed by atoms with Crippen LogP contribution in [0, 0.1) is 39.4 Å². The van der Waals surface area contributed by atoms with Gasteiger partial charge in [-0.2, -0.15) is 0 Å². The summed E-state index contributed by atoms with van der Waals surface area (Å²) >= 11 is 0. The molecule has 0 amide bonds. The van der Waals surface area contributed by atoms with Gasteiger partial charge in [0.2, 0.25) is 0 Å². The number of rotatable bonds is 1. The first-order valence-corrected chi connectivity index (χ1v) is 12.6. The normalized spacial score (nSPS) is 51.3. The van der Waals surface area contributed by atoms with Gasteiger partial charge in [-0.25, -0.2) is 4.79 Å². The van der Waals surface area contributed by atoms with Gasteiger partial charge < -0.3 is 14.6 Å². The van der Waals surface area contributed by atoms with Crippen LogP contribution in [0.4, 0.5) is 0 Å². The van der Waals surface area contributed by atoms with E-state index in [2.05, 4.69) is 34.6 Å². The summed E-state index contributed by atoms with van der Waals surface area (Å²) in [5, 5.41) is 11.7. The second-order valence-electron chi connectivity index (χ2n) is 13.0. The van der Waals surface area contributed by atoms with Gasteiger partial charge >= 0.3 is 11.9 Å². The van der Waals surface area contributed by atoms with E-state index in [1.165, 1.54) is 38.7 Å². The number of aliphatic hydroxyl groups is 1. The number of carbonyl (C=O) groups is 2. The maximum absolute atomic E-state index is 12.3. The van der Waals surface area contributed by atoms with Gasteiger partial charge in [0.25, 0.3) is 0 Å². The molecule has 1 aliphatic heterocycles. The maximum atomic E-state index is 12.3. The standard InChI is InChI=1S/C27H40O5/c1-15(28)31-17-13-20-26(5)11-8-18-24(2,3)9-7-10-25(18,4)19(26)14-21(29)27(20,6)23-16(17)12-22(30)32-23/h12,17-21,23,29H,7-11,13-14H2,1-6H3/t17-,18+,19-,20+,21-,23+,25+,26-,27-/m1/s1. The highest BCUT2D eigenvalue weighted by Gasteiger charge is 2.70. The highest BCUT2D eigenvalue weighted by Crippen LogP contribution is 2.73. The van der Waals surface area contributed by atoms with Crippen molar-refractivity contribution < 1.29 is 24.2 Å². The average Bonchev–Trinajstić information content (AvgIpc) is 3.08. The van der Waals surface area contributed by atoms with Crippen LogP contribution in [0.25, 0.3) is 0 Å². The Morgan fingerprint density at radius 2 is 1.72 bits per heavy atom. The molecule has 4 aliphatic carbocycles. The summed E-state index contributed by atoms with van der Waals surface area (Å²) in [5.74, 6) is 0.463. The first-order chi connectivity index (χ1) is 14.8. The molecule has 5 heteroatoms. The van der Waals surface area contributed by atoms with Crippen LogP contribution >= 0.6 is 0 Å². The van der Waals surface area contributed by atoms with Gasteiger partial charge in [0, 0.05) is 24.0 Å². The Hall–Kier alpha value is -1.36. The number of hydrogen-bond acceptors (Lipinski definition) is 5. The van der Waals surface area contributed by atoms with E-state index in [0.29, 0.717) is 23.7 Å². The Labute approximate surface area is 192 Å². The lowest BCUT2D eigenvalue weighted by Crippen LogP contribution is -2.69. The Morgan fingerprint density at radius 1 is 1.03 bits per heavy atom. The minimum absolute atomic E-state index is 0.00553. The summed E-state index contributed by atoms with van der Waals surface area (Å²) in [5.41, 5.74) is 0.697. The third-order valence-electron chi connectivity index (χ3n) is 11.1. The van der Waals surface area contributed by atoms with Crippen molar-refractivity contribution in [2.75, 3.05) is 0 Å². The number of hydrogen-bond donors (Lipinski definition) is 1. The molecule has 0 bridgehead atoms. The molecule has 0 spiro atoms. The Balaban J connectivity index is 1.59. The average molecular weight is 445 g/mol. The Kier molecular flexibility index (Phi) is 4.79. The fraction of sp³-hybridized carbons (Fsp3) is 0.852. The van der Waals surface area contributed by atoms with Crippen molar-refractivity contribution in [3.8, 4) is 0 Å². The molecule has 5 rings (SSSR count). The molecule has 0 unspecified atom stereocenters. The van der Waals surface area contributed by atoms with Crippen LogP contribution in [0.1, 0.15) is 86.5 Å². The molecule has 178 valence electrons. The fourth-order valence-corrected chi connectivity index (χ4v) is 9.79. The molecule has 32 heavy (non-hydrogen) atoms. The zero-order valence-corrected chi connectivity index (χ0v) is 20.6. The molecule has 0 aromatic carbocycles. The highest BCUT2D eigenvalue weighted by molar-refractivity contribution is 5.86. The van der Waals surface area contributed by atoms with Crippen LogP contribution in [-0.2, 0) is 19.1 Å². The number of carbonyl (C=O) groups excluding carboxylic acids is 2. The molecule has 1 N–H and O–H groups in total. The third kappa shape index (κ3) is 2.78. The fourth-order valence-electron chi connectivity index (χ4n) is 9.79. The van der Waals surface area contributed by atoms with Crippen molar-refractivity contribution in [1.29, 1.82) is 0 Å². The largest absolute Gasteiger partial charge is 0.458 e. The Bertz CT molecular complexity index is 875. The van der Waals surface area contributed by atoms with Crippen LogP contribution in [0.15, 0.2) is 11.6 Å². The van der Waals surface area contributed by atoms with Gasteiger partial charge in [-0.1, -0.05) is 41.0 Å².